The van der Waals surface area contributed by atoms with E-state index in [4.69, 9.17) is 4.74 Å². The van der Waals surface area contributed by atoms with Crippen molar-refractivity contribution in [3.63, 3.8) is 0 Å². The van der Waals surface area contributed by atoms with Crippen molar-refractivity contribution >= 4 is 5.97 Å². The Kier molecular flexibility index (Phi) is 10.3. The van der Waals surface area contributed by atoms with Crippen molar-refractivity contribution in [1.29, 1.82) is 0 Å². The third kappa shape index (κ3) is 7.72. The average Bonchev–Trinajstić information content (AvgIpc) is 2.59. The van der Waals surface area contributed by atoms with Crippen molar-refractivity contribution in [3.05, 3.63) is 64.5 Å². The van der Waals surface area contributed by atoms with Crippen molar-refractivity contribution in [3.8, 4) is 5.75 Å². The predicted octanol–water partition coefficient (Wildman–Crippen LogP) is -0.771. The molecule has 0 fully saturated rings. The molecule has 2 aromatic rings. The number of carbonyl (C=O) groups excluding carboxylic acids is 1. The van der Waals surface area contributed by atoms with Gasteiger partial charge in [-0.3, -0.25) is 0 Å². The summed E-state index contributed by atoms with van der Waals surface area (Å²) in [4.78, 5) is 10.5. The number of aliphatic hydroxyl groups is 2. The number of hydrogen-bond acceptors (Lipinski definition) is 5. The van der Waals surface area contributed by atoms with Crippen LogP contribution in [0, 0.1) is 19.7 Å². The van der Waals surface area contributed by atoms with E-state index in [0.29, 0.717) is 5.75 Å². The summed E-state index contributed by atoms with van der Waals surface area (Å²) in [5.74, 6) is -1.11. The molecule has 2 aromatic carbocycles. The van der Waals surface area contributed by atoms with Crippen LogP contribution in [0.3, 0.4) is 0 Å². The number of carboxylic acids is 1. The fourth-order valence-corrected chi connectivity index (χ4v) is 3.27. The molecule has 0 heterocycles. The number of ether oxygens (including phenoxy) is 1. The third-order valence-electron chi connectivity index (χ3n) is 4.65. The van der Waals surface area contributed by atoms with E-state index in [1.807, 2.05) is 32.9 Å². The van der Waals surface area contributed by atoms with Gasteiger partial charge in [-0.05, 0) is 37.1 Å². The van der Waals surface area contributed by atoms with Gasteiger partial charge >= 0.3 is 29.6 Å². The van der Waals surface area contributed by atoms with Crippen LogP contribution >= 0.6 is 0 Å². The fraction of sp³-hybridized carbons (Fsp3) is 0.409. The van der Waals surface area contributed by atoms with Crippen LogP contribution in [-0.2, 0) is 4.79 Å². The largest absolute Gasteiger partial charge is 1.00 e. The molecule has 0 bridgehead atoms. The van der Waals surface area contributed by atoms with Crippen molar-refractivity contribution in [2.45, 2.75) is 51.7 Å². The summed E-state index contributed by atoms with van der Waals surface area (Å²) < 4.78 is 19.1. The van der Waals surface area contributed by atoms with Crippen molar-refractivity contribution < 1.29 is 58.8 Å². The number of aliphatic hydroxyl groups excluding tert-OH is 2. The van der Waals surface area contributed by atoms with E-state index in [9.17, 15) is 24.5 Å². The number of carboxylic acid groups (broad SMARTS) is 1. The molecule has 0 aliphatic carbocycles. The maximum atomic E-state index is 13.2. The maximum absolute atomic E-state index is 13.2. The van der Waals surface area contributed by atoms with Gasteiger partial charge in [0.25, 0.3) is 0 Å². The van der Waals surface area contributed by atoms with Crippen LogP contribution in [0.1, 0.15) is 47.9 Å². The Hall–Kier alpha value is -1.44. The Morgan fingerprint density at radius 2 is 1.76 bits per heavy atom. The quantitative estimate of drug-likeness (QED) is 0.528. The van der Waals surface area contributed by atoms with Crippen molar-refractivity contribution in [2.24, 2.45) is 0 Å². The first-order valence-corrected chi connectivity index (χ1v) is 9.22. The van der Waals surface area contributed by atoms with Gasteiger partial charge in [-0.2, -0.15) is 0 Å². The van der Waals surface area contributed by atoms with Gasteiger partial charge in [0.2, 0.25) is 0 Å². The van der Waals surface area contributed by atoms with E-state index in [1.54, 1.807) is 12.1 Å². The van der Waals surface area contributed by atoms with E-state index in [-0.39, 0.29) is 54.3 Å². The first-order chi connectivity index (χ1) is 13.2. The van der Waals surface area contributed by atoms with Gasteiger partial charge in [0.05, 0.1) is 12.2 Å². The van der Waals surface area contributed by atoms with E-state index in [1.165, 1.54) is 12.1 Å². The Bertz CT molecular complexity index is 810. The van der Waals surface area contributed by atoms with Crippen LogP contribution in [0.5, 0.6) is 5.75 Å². The summed E-state index contributed by atoms with van der Waals surface area (Å²) in [6, 6.07) is 10.2. The smallest absolute Gasteiger partial charge is 0.550 e. The SMILES string of the molecule is Cc1cc(C)c(OCC(O)C[C@@H](O)CC(=O)[O-])c(C(C)c2ccc(F)cc2)c1.[Na+]. The molecule has 0 spiro atoms. The second kappa shape index (κ2) is 11.7. The minimum Gasteiger partial charge on any atom is -0.550 e. The first kappa shape index (κ1) is 25.6. The van der Waals surface area contributed by atoms with E-state index < -0.39 is 24.6 Å². The second-order valence-electron chi connectivity index (χ2n) is 7.20. The number of hydrogen-bond donors (Lipinski definition) is 2. The molecule has 0 radical (unpaired) electrons. The van der Waals surface area contributed by atoms with Crippen LogP contribution in [0.15, 0.2) is 36.4 Å². The molecule has 2 unspecified atom stereocenters. The molecular weight excluding hydrogens is 386 g/mol. The van der Waals surface area contributed by atoms with Crippen LogP contribution in [0.4, 0.5) is 4.39 Å². The minimum absolute atomic E-state index is 0. The Balaban J connectivity index is 0.00000420. The second-order valence-corrected chi connectivity index (χ2v) is 7.20. The maximum Gasteiger partial charge on any atom is 1.00 e. The van der Waals surface area contributed by atoms with Crippen LogP contribution in [-0.4, -0.2) is 35.0 Å². The number of benzene rings is 2. The molecule has 0 saturated carbocycles. The summed E-state index contributed by atoms with van der Waals surface area (Å²) in [6.45, 7) is 5.79. The standard InChI is InChI=1S/C22H27FO5.Na/c1-13-8-14(2)22(28-12-19(25)10-18(24)11-21(26)27)20(9-13)15(3)16-4-6-17(23)7-5-16;/h4-9,15,18-19,24-25H,10-12H2,1-3H3,(H,26,27);/q;+1/p-1/t15?,18-,19?;/m1./s1. The Labute approximate surface area is 192 Å². The topological polar surface area (TPSA) is 89.8 Å². The first-order valence-electron chi connectivity index (χ1n) is 9.22. The molecule has 0 aliphatic rings. The molecule has 0 aliphatic heterocycles. The molecule has 5 nitrogen and oxygen atoms in total. The Morgan fingerprint density at radius 3 is 2.34 bits per heavy atom. The van der Waals surface area contributed by atoms with E-state index in [0.717, 1.165) is 22.3 Å². The summed E-state index contributed by atoms with van der Waals surface area (Å²) >= 11 is 0. The molecule has 0 amide bonds. The van der Waals surface area contributed by atoms with Gasteiger partial charge in [-0.1, -0.05) is 36.8 Å². The molecule has 2 N–H and O–H groups in total. The van der Waals surface area contributed by atoms with Crippen LogP contribution in [0.25, 0.3) is 0 Å². The normalized spacial score (nSPS) is 13.9. The zero-order valence-corrected chi connectivity index (χ0v) is 19.3. The van der Waals surface area contributed by atoms with Gasteiger partial charge in [-0.15, -0.1) is 0 Å². The number of carbonyl (C=O) groups is 1. The number of aliphatic carboxylic acids is 1. The van der Waals surface area contributed by atoms with Crippen molar-refractivity contribution in [1.82, 2.24) is 0 Å². The van der Waals surface area contributed by atoms with Crippen LogP contribution < -0.4 is 39.4 Å². The van der Waals surface area contributed by atoms with E-state index in [2.05, 4.69) is 0 Å². The molecular formula is C22H26FNaO5. The molecule has 152 valence electrons. The molecule has 0 saturated heterocycles. The fourth-order valence-electron chi connectivity index (χ4n) is 3.27. The number of rotatable bonds is 9. The molecule has 29 heavy (non-hydrogen) atoms. The molecule has 2 rings (SSSR count). The van der Waals surface area contributed by atoms with Gasteiger partial charge in [-0.25, -0.2) is 4.39 Å². The number of halogens is 1. The van der Waals surface area contributed by atoms with Gasteiger partial charge in [0, 0.05) is 30.3 Å². The summed E-state index contributed by atoms with van der Waals surface area (Å²) in [6.07, 6.45) is -2.88. The molecule has 0 aromatic heterocycles. The van der Waals surface area contributed by atoms with Gasteiger partial charge < -0.3 is 24.9 Å². The Morgan fingerprint density at radius 1 is 1.14 bits per heavy atom. The minimum atomic E-state index is -1.37. The average molecular weight is 412 g/mol. The summed E-state index contributed by atoms with van der Waals surface area (Å²) in [5, 5.41) is 30.2. The third-order valence-corrected chi connectivity index (χ3v) is 4.65. The molecule has 3 atom stereocenters. The molecule has 7 heteroatoms. The number of aryl methyl sites for hydroxylation is 2. The predicted molar refractivity (Wildman–Crippen MR) is 102 cm³/mol. The zero-order valence-electron chi connectivity index (χ0n) is 17.3. The van der Waals surface area contributed by atoms with Crippen molar-refractivity contribution in [2.75, 3.05) is 6.61 Å². The summed E-state index contributed by atoms with van der Waals surface area (Å²) in [5.41, 5.74) is 3.79. The monoisotopic (exact) mass is 412 g/mol. The van der Waals surface area contributed by atoms with E-state index >= 15 is 0 Å². The summed E-state index contributed by atoms with van der Waals surface area (Å²) in [7, 11) is 0. The van der Waals surface area contributed by atoms with Crippen LogP contribution in [0.2, 0.25) is 0 Å². The van der Waals surface area contributed by atoms with Gasteiger partial charge in [0.1, 0.15) is 18.2 Å². The van der Waals surface area contributed by atoms with Gasteiger partial charge in [0.15, 0.2) is 0 Å². The zero-order chi connectivity index (χ0) is 20.8.